The summed E-state index contributed by atoms with van der Waals surface area (Å²) in [4.78, 5) is 35.6. The molecule has 1 atom stereocenters. The van der Waals surface area contributed by atoms with Crippen molar-refractivity contribution in [2.24, 2.45) is 5.92 Å². The van der Waals surface area contributed by atoms with Crippen LogP contribution in [0, 0.1) is 5.92 Å². The quantitative estimate of drug-likeness (QED) is 0.0226. The molecule has 0 aliphatic heterocycles. The van der Waals surface area contributed by atoms with Crippen LogP contribution in [0.4, 0.5) is 0 Å². The standard InChI is InChI=1S/C45H78O6/c1-4-5-29-35-42(46)36-31-26-22-18-14-12-16-20-24-28-33-38-45(49)51-40-43(47)39-50-44(48)37-32-27-23-19-15-11-9-7-6-8-10-13-17-21-25-30-34-41(2)3/h12,14,20,22,24,26,31,36,41,43,47H,4-11,13,15-19,21,23,25,27-30,32-35,37-40H2,1-3H3/b14-12-,24-20-,26-22-,36-31+/t43-/m0/s1. The highest BCUT2D eigenvalue weighted by atomic mass is 16.6. The summed E-state index contributed by atoms with van der Waals surface area (Å²) >= 11 is 0. The second-order valence-corrected chi connectivity index (χ2v) is 14.6. The predicted octanol–water partition coefficient (Wildman–Crippen LogP) is 12.4. The molecule has 294 valence electrons. The van der Waals surface area contributed by atoms with Gasteiger partial charge in [-0.15, -0.1) is 0 Å². The highest BCUT2D eigenvalue weighted by Crippen LogP contribution is 2.15. The molecule has 0 amide bonds. The summed E-state index contributed by atoms with van der Waals surface area (Å²) in [5, 5.41) is 10.0. The van der Waals surface area contributed by atoms with Crippen LogP contribution in [-0.4, -0.2) is 42.1 Å². The summed E-state index contributed by atoms with van der Waals surface area (Å²) in [5.74, 6) is 0.382. The molecule has 0 radical (unpaired) electrons. The molecule has 0 heterocycles. The molecule has 0 aliphatic carbocycles. The maximum atomic E-state index is 12.0. The van der Waals surface area contributed by atoms with Crippen LogP contribution in [-0.2, 0) is 23.9 Å². The number of esters is 2. The largest absolute Gasteiger partial charge is 0.463 e. The minimum Gasteiger partial charge on any atom is -0.463 e. The Bertz CT molecular complexity index is 931. The van der Waals surface area contributed by atoms with Gasteiger partial charge in [-0.3, -0.25) is 14.4 Å². The van der Waals surface area contributed by atoms with Crippen molar-refractivity contribution in [1.29, 1.82) is 0 Å². The van der Waals surface area contributed by atoms with Crippen LogP contribution in [0.25, 0.3) is 0 Å². The van der Waals surface area contributed by atoms with Gasteiger partial charge in [0.25, 0.3) is 0 Å². The zero-order valence-electron chi connectivity index (χ0n) is 33.3. The van der Waals surface area contributed by atoms with Crippen LogP contribution in [0.15, 0.2) is 48.6 Å². The number of rotatable bonds is 37. The van der Waals surface area contributed by atoms with Gasteiger partial charge >= 0.3 is 11.9 Å². The van der Waals surface area contributed by atoms with Crippen LogP contribution in [0.5, 0.6) is 0 Å². The molecule has 0 aromatic rings. The van der Waals surface area contributed by atoms with Crippen LogP contribution in [0.1, 0.15) is 194 Å². The Morgan fingerprint density at radius 3 is 1.51 bits per heavy atom. The smallest absolute Gasteiger partial charge is 0.305 e. The molecule has 0 spiro atoms. The molecule has 1 N–H and O–H groups in total. The SMILES string of the molecule is CCCCCC(=O)/C=C/C=C\C/C=C\C/C=C\CCCC(=O)OC[C@@H](O)COC(=O)CCCCCCCCCCCCCCCCCCC(C)C. The van der Waals surface area contributed by atoms with Crippen molar-refractivity contribution in [2.75, 3.05) is 13.2 Å². The van der Waals surface area contributed by atoms with Gasteiger partial charge in [0.1, 0.15) is 19.3 Å². The highest BCUT2D eigenvalue weighted by molar-refractivity contribution is 5.89. The Labute approximate surface area is 314 Å². The second-order valence-electron chi connectivity index (χ2n) is 14.6. The summed E-state index contributed by atoms with van der Waals surface area (Å²) in [6.45, 7) is 6.46. The van der Waals surface area contributed by atoms with E-state index in [1.54, 1.807) is 6.08 Å². The van der Waals surface area contributed by atoms with Crippen molar-refractivity contribution in [3.05, 3.63) is 48.6 Å². The number of ether oxygens (including phenoxy) is 2. The average molecular weight is 715 g/mol. The number of aliphatic hydroxyl groups excluding tert-OH is 1. The van der Waals surface area contributed by atoms with E-state index >= 15 is 0 Å². The van der Waals surface area contributed by atoms with Crippen molar-refractivity contribution in [1.82, 2.24) is 0 Å². The molecule has 0 bridgehead atoms. The first-order valence-electron chi connectivity index (χ1n) is 21.0. The third-order valence-electron chi connectivity index (χ3n) is 8.97. The number of hydrogen-bond acceptors (Lipinski definition) is 6. The van der Waals surface area contributed by atoms with Crippen LogP contribution in [0.2, 0.25) is 0 Å². The summed E-state index contributed by atoms with van der Waals surface area (Å²) in [6.07, 6.45) is 44.4. The topological polar surface area (TPSA) is 89.9 Å². The van der Waals surface area contributed by atoms with Crippen LogP contribution >= 0.6 is 0 Å². The fourth-order valence-electron chi connectivity index (χ4n) is 5.75. The van der Waals surface area contributed by atoms with E-state index < -0.39 is 6.10 Å². The molecule has 51 heavy (non-hydrogen) atoms. The van der Waals surface area contributed by atoms with Crippen molar-refractivity contribution < 1.29 is 29.0 Å². The molecular formula is C45H78O6. The maximum absolute atomic E-state index is 12.0. The highest BCUT2D eigenvalue weighted by Gasteiger charge is 2.12. The molecule has 0 fully saturated rings. The number of aliphatic hydroxyl groups is 1. The second kappa shape index (κ2) is 38.8. The predicted molar refractivity (Wildman–Crippen MR) is 215 cm³/mol. The fourth-order valence-corrected chi connectivity index (χ4v) is 5.75. The molecular weight excluding hydrogens is 636 g/mol. The number of carbonyl (C=O) groups is 3. The molecule has 0 saturated heterocycles. The third kappa shape index (κ3) is 40.2. The van der Waals surface area contributed by atoms with Gasteiger partial charge in [0.15, 0.2) is 5.78 Å². The molecule has 0 rings (SSSR count). The van der Waals surface area contributed by atoms with Gasteiger partial charge in [-0.05, 0) is 50.5 Å². The van der Waals surface area contributed by atoms with Crippen molar-refractivity contribution >= 4 is 17.7 Å². The average Bonchev–Trinajstić information content (AvgIpc) is 3.11. The van der Waals surface area contributed by atoms with E-state index in [2.05, 4.69) is 45.1 Å². The number of ketones is 1. The Hall–Kier alpha value is -2.47. The van der Waals surface area contributed by atoms with Gasteiger partial charge in [0.2, 0.25) is 0 Å². The lowest BCUT2D eigenvalue weighted by Gasteiger charge is -2.12. The Kier molecular flexibility index (Phi) is 36.9. The zero-order valence-corrected chi connectivity index (χ0v) is 33.3. The summed E-state index contributed by atoms with van der Waals surface area (Å²) < 4.78 is 10.3. The number of allylic oxidation sites excluding steroid dienone is 8. The first kappa shape index (κ1) is 48.5. The van der Waals surface area contributed by atoms with Gasteiger partial charge in [0.05, 0.1) is 0 Å². The summed E-state index contributed by atoms with van der Waals surface area (Å²) in [5.41, 5.74) is 0. The lowest BCUT2D eigenvalue weighted by atomic mass is 10.0. The normalized spacial score (nSPS) is 12.6. The number of carbonyl (C=O) groups excluding carboxylic acids is 3. The van der Waals surface area contributed by atoms with E-state index in [1.165, 1.54) is 89.9 Å². The van der Waals surface area contributed by atoms with Crippen molar-refractivity contribution in [3.63, 3.8) is 0 Å². The summed E-state index contributed by atoms with van der Waals surface area (Å²) in [6, 6.07) is 0. The molecule has 0 aliphatic rings. The van der Waals surface area contributed by atoms with E-state index in [1.807, 2.05) is 18.2 Å². The first-order valence-corrected chi connectivity index (χ1v) is 21.0. The zero-order chi connectivity index (χ0) is 37.5. The van der Waals surface area contributed by atoms with Gasteiger partial charge in [-0.2, -0.15) is 0 Å². The van der Waals surface area contributed by atoms with E-state index in [4.69, 9.17) is 9.47 Å². The molecule has 6 nitrogen and oxygen atoms in total. The number of unbranched alkanes of at least 4 members (excludes halogenated alkanes) is 18. The molecule has 0 aromatic heterocycles. The van der Waals surface area contributed by atoms with Gasteiger partial charge in [-0.25, -0.2) is 0 Å². The van der Waals surface area contributed by atoms with E-state index in [0.717, 1.165) is 63.7 Å². The minimum absolute atomic E-state index is 0.147. The molecule has 0 saturated carbocycles. The van der Waals surface area contributed by atoms with E-state index in [-0.39, 0.29) is 37.4 Å². The van der Waals surface area contributed by atoms with E-state index in [0.29, 0.717) is 19.3 Å². The molecule has 6 heteroatoms. The Morgan fingerprint density at radius 1 is 0.529 bits per heavy atom. The Balaban J connectivity index is 3.54. The lowest BCUT2D eigenvalue weighted by Crippen LogP contribution is -2.25. The minimum atomic E-state index is -1.00. The first-order chi connectivity index (χ1) is 24.8. The third-order valence-corrected chi connectivity index (χ3v) is 8.97. The van der Waals surface area contributed by atoms with Crippen LogP contribution < -0.4 is 0 Å². The monoisotopic (exact) mass is 715 g/mol. The number of hydrogen-bond donors (Lipinski definition) is 1. The van der Waals surface area contributed by atoms with Gasteiger partial charge in [0, 0.05) is 19.3 Å². The van der Waals surface area contributed by atoms with Crippen molar-refractivity contribution in [2.45, 2.75) is 200 Å². The van der Waals surface area contributed by atoms with Crippen LogP contribution in [0.3, 0.4) is 0 Å². The van der Waals surface area contributed by atoms with Gasteiger partial charge in [-0.1, -0.05) is 179 Å². The fraction of sp³-hybridized carbons (Fsp3) is 0.756. The van der Waals surface area contributed by atoms with Crippen molar-refractivity contribution in [3.8, 4) is 0 Å². The lowest BCUT2D eigenvalue weighted by molar-refractivity contribution is -0.152. The van der Waals surface area contributed by atoms with E-state index in [9.17, 15) is 19.5 Å². The maximum Gasteiger partial charge on any atom is 0.305 e. The molecule has 0 aromatic carbocycles. The Morgan fingerprint density at radius 2 is 0.980 bits per heavy atom. The summed E-state index contributed by atoms with van der Waals surface area (Å²) in [7, 11) is 0. The van der Waals surface area contributed by atoms with Gasteiger partial charge < -0.3 is 14.6 Å². The molecule has 0 unspecified atom stereocenters.